The summed E-state index contributed by atoms with van der Waals surface area (Å²) in [5.41, 5.74) is 6.27. The molecule has 2 saturated carbocycles. The second-order valence-electron chi connectivity index (χ2n) is 6.74. The lowest BCUT2D eigenvalue weighted by molar-refractivity contribution is -0.138. The second-order valence-corrected chi connectivity index (χ2v) is 9.00. The minimum atomic E-state index is -3.03. The zero-order valence-corrected chi connectivity index (χ0v) is 13.9. The molecule has 21 heavy (non-hydrogen) atoms. The molecule has 0 radical (unpaired) electrons. The van der Waals surface area contributed by atoms with Crippen LogP contribution in [0.2, 0.25) is 0 Å². The number of carbonyl (C=O) groups is 1. The lowest BCUT2D eigenvalue weighted by Crippen LogP contribution is -2.50. The molecule has 2 aliphatic carbocycles. The topological polar surface area (TPSA) is 80.5 Å². The van der Waals surface area contributed by atoms with Crippen LogP contribution >= 0.6 is 0 Å². The van der Waals surface area contributed by atoms with Crippen molar-refractivity contribution in [2.24, 2.45) is 23.5 Å². The van der Waals surface area contributed by atoms with Gasteiger partial charge in [0.2, 0.25) is 5.91 Å². The summed E-state index contributed by atoms with van der Waals surface area (Å²) in [5.74, 6) is 1.16. The molecule has 1 amide bonds. The number of rotatable bonds is 5. The molecule has 122 valence electrons. The quantitative estimate of drug-likeness (QED) is 0.821. The molecule has 0 spiro atoms. The summed E-state index contributed by atoms with van der Waals surface area (Å²) in [6, 6.07) is 0.258. The molecule has 2 rings (SSSR count). The number of fused-ring (bicyclic) bond motifs is 2. The zero-order valence-electron chi connectivity index (χ0n) is 13.1. The van der Waals surface area contributed by atoms with Crippen molar-refractivity contribution in [3.63, 3.8) is 0 Å². The van der Waals surface area contributed by atoms with E-state index in [1.165, 1.54) is 12.7 Å². The van der Waals surface area contributed by atoms with Gasteiger partial charge in [0.15, 0.2) is 0 Å². The molecule has 2 fully saturated rings. The van der Waals surface area contributed by atoms with E-state index in [1.807, 2.05) is 6.92 Å². The van der Waals surface area contributed by atoms with Crippen LogP contribution in [0.1, 0.15) is 39.0 Å². The van der Waals surface area contributed by atoms with E-state index in [-0.39, 0.29) is 23.6 Å². The van der Waals surface area contributed by atoms with Gasteiger partial charge in [-0.25, -0.2) is 8.42 Å². The van der Waals surface area contributed by atoms with E-state index < -0.39 is 9.84 Å². The Balaban J connectivity index is 1.98. The van der Waals surface area contributed by atoms with Crippen LogP contribution in [0.4, 0.5) is 0 Å². The standard InChI is InChI=1S/C15H28N2O3S/c1-3-17(7-8-21(2,19)20)15(18)13-9-11-5-4-6-12(10-13)14(11)16/h11-14H,3-10,16H2,1-2H3. The lowest BCUT2D eigenvalue weighted by Gasteiger charge is -2.44. The minimum Gasteiger partial charge on any atom is -0.342 e. The number of nitrogens with zero attached hydrogens (tertiary/aromatic N) is 1. The number of carbonyl (C=O) groups excluding carboxylic acids is 1. The summed E-state index contributed by atoms with van der Waals surface area (Å²) < 4.78 is 22.6. The van der Waals surface area contributed by atoms with E-state index in [0.29, 0.717) is 24.9 Å². The first-order valence-electron chi connectivity index (χ1n) is 8.04. The van der Waals surface area contributed by atoms with Crippen molar-refractivity contribution in [1.82, 2.24) is 4.90 Å². The van der Waals surface area contributed by atoms with Crippen molar-refractivity contribution in [2.45, 2.75) is 45.1 Å². The zero-order chi connectivity index (χ0) is 15.6. The molecular formula is C15H28N2O3S. The molecular weight excluding hydrogens is 288 g/mol. The largest absolute Gasteiger partial charge is 0.342 e. The smallest absolute Gasteiger partial charge is 0.225 e. The van der Waals surface area contributed by atoms with Crippen LogP contribution in [0, 0.1) is 17.8 Å². The predicted molar refractivity (Wildman–Crippen MR) is 83.5 cm³/mol. The Morgan fingerprint density at radius 2 is 1.81 bits per heavy atom. The summed E-state index contributed by atoms with van der Waals surface area (Å²) in [5, 5.41) is 0. The van der Waals surface area contributed by atoms with Gasteiger partial charge in [0.05, 0.1) is 5.75 Å². The minimum absolute atomic E-state index is 0.0413. The summed E-state index contributed by atoms with van der Waals surface area (Å²) in [4.78, 5) is 14.4. The molecule has 2 N–H and O–H groups in total. The Morgan fingerprint density at radius 3 is 2.29 bits per heavy atom. The summed E-state index contributed by atoms with van der Waals surface area (Å²) >= 11 is 0. The Morgan fingerprint density at radius 1 is 1.24 bits per heavy atom. The fourth-order valence-corrected chi connectivity index (χ4v) is 4.50. The third-order valence-electron chi connectivity index (χ3n) is 5.19. The molecule has 2 bridgehead atoms. The van der Waals surface area contributed by atoms with Crippen molar-refractivity contribution in [2.75, 3.05) is 25.1 Å². The van der Waals surface area contributed by atoms with Crippen LogP contribution in [0.15, 0.2) is 0 Å². The predicted octanol–water partition coefficient (Wildman–Crippen LogP) is 1.03. The van der Waals surface area contributed by atoms with Gasteiger partial charge in [-0.15, -0.1) is 0 Å². The van der Waals surface area contributed by atoms with E-state index in [4.69, 9.17) is 5.73 Å². The van der Waals surface area contributed by atoms with Crippen molar-refractivity contribution in [3.8, 4) is 0 Å². The Labute approximate surface area is 128 Å². The molecule has 5 nitrogen and oxygen atoms in total. The van der Waals surface area contributed by atoms with Crippen LogP contribution < -0.4 is 5.73 Å². The summed E-state index contributed by atoms with van der Waals surface area (Å²) in [6.45, 7) is 2.80. The fraction of sp³-hybridized carbons (Fsp3) is 0.933. The number of amides is 1. The first kappa shape index (κ1) is 16.7. The van der Waals surface area contributed by atoms with E-state index in [0.717, 1.165) is 25.7 Å². The van der Waals surface area contributed by atoms with Crippen LogP contribution in [0.3, 0.4) is 0 Å². The molecule has 0 aromatic carbocycles. The Bertz CT molecular complexity index is 463. The van der Waals surface area contributed by atoms with Gasteiger partial charge < -0.3 is 10.6 Å². The highest BCUT2D eigenvalue weighted by atomic mass is 32.2. The first-order valence-corrected chi connectivity index (χ1v) is 10.1. The molecule has 2 unspecified atom stereocenters. The van der Waals surface area contributed by atoms with Gasteiger partial charge >= 0.3 is 0 Å². The average Bonchev–Trinajstić information content (AvgIpc) is 2.37. The maximum absolute atomic E-state index is 12.7. The molecule has 6 heteroatoms. The van der Waals surface area contributed by atoms with Crippen LogP contribution in [0.5, 0.6) is 0 Å². The first-order chi connectivity index (χ1) is 9.81. The number of nitrogens with two attached hydrogens (primary N) is 1. The van der Waals surface area contributed by atoms with Crippen LogP contribution in [0.25, 0.3) is 0 Å². The maximum Gasteiger partial charge on any atom is 0.225 e. The van der Waals surface area contributed by atoms with Gasteiger partial charge in [-0.2, -0.15) is 0 Å². The SMILES string of the molecule is CCN(CCS(C)(=O)=O)C(=O)C1CC2CCCC(C1)C2N. The number of hydrogen-bond acceptors (Lipinski definition) is 4. The van der Waals surface area contributed by atoms with Gasteiger partial charge in [-0.05, 0) is 44.4 Å². The third-order valence-corrected chi connectivity index (χ3v) is 6.11. The van der Waals surface area contributed by atoms with Gasteiger partial charge in [0.25, 0.3) is 0 Å². The highest BCUT2D eigenvalue weighted by molar-refractivity contribution is 7.90. The maximum atomic E-state index is 12.7. The third kappa shape index (κ3) is 4.19. The number of sulfone groups is 1. The van der Waals surface area contributed by atoms with E-state index in [1.54, 1.807) is 4.90 Å². The lowest BCUT2D eigenvalue weighted by atomic mass is 9.65. The van der Waals surface area contributed by atoms with Crippen molar-refractivity contribution < 1.29 is 13.2 Å². The molecule has 0 saturated heterocycles. The summed E-state index contributed by atoms with van der Waals surface area (Å²) in [7, 11) is -3.03. The van der Waals surface area contributed by atoms with E-state index >= 15 is 0 Å². The average molecular weight is 316 g/mol. The molecule has 0 aromatic heterocycles. The van der Waals surface area contributed by atoms with Crippen molar-refractivity contribution >= 4 is 15.7 Å². The van der Waals surface area contributed by atoms with Gasteiger partial charge in [-0.1, -0.05) is 6.42 Å². The van der Waals surface area contributed by atoms with Gasteiger partial charge in [0, 0.05) is 31.3 Å². The molecule has 0 aromatic rings. The molecule has 0 heterocycles. The van der Waals surface area contributed by atoms with Gasteiger partial charge in [-0.3, -0.25) is 4.79 Å². The summed E-state index contributed by atoms with van der Waals surface area (Å²) in [6.07, 6.45) is 6.48. The Kier molecular flexibility index (Phi) is 5.30. The van der Waals surface area contributed by atoms with Gasteiger partial charge in [0.1, 0.15) is 9.84 Å². The van der Waals surface area contributed by atoms with Crippen LogP contribution in [-0.4, -0.2) is 50.4 Å². The molecule has 2 atom stereocenters. The second kappa shape index (κ2) is 6.65. The highest BCUT2D eigenvalue weighted by Gasteiger charge is 2.41. The molecule has 2 aliphatic rings. The number of hydrogen-bond donors (Lipinski definition) is 1. The monoisotopic (exact) mass is 316 g/mol. The van der Waals surface area contributed by atoms with Crippen molar-refractivity contribution in [1.29, 1.82) is 0 Å². The highest BCUT2D eigenvalue weighted by Crippen LogP contribution is 2.42. The Hall–Kier alpha value is -0.620. The fourth-order valence-electron chi connectivity index (χ4n) is 3.95. The van der Waals surface area contributed by atoms with Crippen molar-refractivity contribution in [3.05, 3.63) is 0 Å². The van der Waals surface area contributed by atoms with E-state index in [2.05, 4.69) is 0 Å². The van der Waals surface area contributed by atoms with E-state index in [9.17, 15) is 13.2 Å². The molecule has 0 aliphatic heterocycles. The normalized spacial score (nSPS) is 32.7. The van der Waals surface area contributed by atoms with Crippen LogP contribution in [-0.2, 0) is 14.6 Å².